The number of carboxylic acid groups (broad SMARTS) is 1. The Hall–Kier alpha value is -1.41. The lowest BCUT2D eigenvalue weighted by Crippen LogP contribution is -2.41. The lowest BCUT2D eigenvalue weighted by molar-refractivity contribution is -0.138. The summed E-state index contributed by atoms with van der Waals surface area (Å²) in [5, 5.41) is 12.8. The van der Waals surface area contributed by atoms with Crippen LogP contribution in [0.25, 0.3) is 0 Å². The van der Waals surface area contributed by atoms with Gasteiger partial charge in [0, 0.05) is 32.8 Å². The van der Waals surface area contributed by atoms with Crippen molar-refractivity contribution in [2.75, 3.05) is 13.1 Å². The summed E-state index contributed by atoms with van der Waals surface area (Å²) < 4.78 is 28.0. The van der Waals surface area contributed by atoms with Gasteiger partial charge in [-0.1, -0.05) is 6.92 Å². The second-order valence-electron chi connectivity index (χ2n) is 5.69. The van der Waals surface area contributed by atoms with Crippen LogP contribution in [0.3, 0.4) is 0 Å². The normalized spacial score (nSPS) is 22.1. The van der Waals surface area contributed by atoms with Crippen molar-refractivity contribution in [1.29, 1.82) is 0 Å². The zero-order chi connectivity index (χ0) is 15.6. The summed E-state index contributed by atoms with van der Waals surface area (Å²) in [6.07, 6.45) is 4.53. The minimum atomic E-state index is -3.53. The van der Waals surface area contributed by atoms with E-state index in [9.17, 15) is 13.2 Å². The third kappa shape index (κ3) is 3.62. The number of nitrogens with zero attached hydrogens (tertiary/aromatic N) is 3. The van der Waals surface area contributed by atoms with Crippen LogP contribution in [0.5, 0.6) is 0 Å². The summed E-state index contributed by atoms with van der Waals surface area (Å²) in [5.41, 5.74) is 0. The van der Waals surface area contributed by atoms with Gasteiger partial charge in [-0.25, -0.2) is 8.42 Å². The molecule has 0 saturated carbocycles. The van der Waals surface area contributed by atoms with Crippen molar-refractivity contribution in [3.8, 4) is 0 Å². The predicted molar refractivity (Wildman–Crippen MR) is 76.1 cm³/mol. The molecule has 1 fully saturated rings. The van der Waals surface area contributed by atoms with E-state index < -0.39 is 16.0 Å². The average Bonchev–Trinajstić information content (AvgIpc) is 2.85. The van der Waals surface area contributed by atoms with Gasteiger partial charge >= 0.3 is 5.97 Å². The second-order valence-corrected chi connectivity index (χ2v) is 7.63. The number of aryl methyl sites for hydroxylation is 1. The molecule has 118 valence electrons. The molecule has 1 N–H and O–H groups in total. The topological polar surface area (TPSA) is 92.5 Å². The highest BCUT2D eigenvalue weighted by Gasteiger charge is 2.33. The van der Waals surface area contributed by atoms with Gasteiger partial charge in [0.15, 0.2) is 0 Å². The first-order valence-electron chi connectivity index (χ1n) is 7.01. The number of carbonyl (C=O) groups is 1. The molecule has 1 aromatic rings. The van der Waals surface area contributed by atoms with Crippen LogP contribution < -0.4 is 0 Å². The number of piperidine rings is 1. The summed E-state index contributed by atoms with van der Waals surface area (Å²) in [5.74, 6) is -0.787. The summed E-state index contributed by atoms with van der Waals surface area (Å²) in [6, 6.07) is 0. The first-order valence-corrected chi connectivity index (χ1v) is 8.45. The molecule has 2 unspecified atom stereocenters. The van der Waals surface area contributed by atoms with Crippen molar-refractivity contribution in [3.63, 3.8) is 0 Å². The fourth-order valence-electron chi connectivity index (χ4n) is 2.78. The van der Waals surface area contributed by atoms with Crippen molar-refractivity contribution in [2.24, 2.45) is 18.9 Å². The van der Waals surface area contributed by atoms with Crippen LogP contribution in [0.1, 0.15) is 26.2 Å². The first kappa shape index (κ1) is 16.0. The highest BCUT2D eigenvalue weighted by molar-refractivity contribution is 7.89. The van der Waals surface area contributed by atoms with E-state index in [1.165, 1.54) is 21.4 Å². The van der Waals surface area contributed by atoms with E-state index in [0.717, 1.165) is 12.8 Å². The van der Waals surface area contributed by atoms with Crippen molar-refractivity contribution in [1.82, 2.24) is 14.1 Å². The molecule has 0 radical (unpaired) electrons. The van der Waals surface area contributed by atoms with Crippen molar-refractivity contribution >= 4 is 16.0 Å². The summed E-state index contributed by atoms with van der Waals surface area (Å²) in [4.78, 5) is 11.0. The van der Waals surface area contributed by atoms with Gasteiger partial charge in [0.25, 0.3) is 0 Å². The van der Waals surface area contributed by atoms with Crippen LogP contribution in [-0.4, -0.2) is 46.7 Å². The number of aliphatic carboxylic acids is 1. The van der Waals surface area contributed by atoms with Gasteiger partial charge in [-0.3, -0.25) is 9.48 Å². The van der Waals surface area contributed by atoms with E-state index in [4.69, 9.17) is 5.11 Å². The molecule has 2 heterocycles. The van der Waals surface area contributed by atoms with Crippen LogP contribution in [0.15, 0.2) is 17.3 Å². The molecular formula is C13H21N3O4S. The Balaban J connectivity index is 2.12. The van der Waals surface area contributed by atoms with Crippen LogP contribution in [0.4, 0.5) is 0 Å². The lowest BCUT2D eigenvalue weighted by Gasteiger charge is -2.34. The molecule has 8 heteroatoms. The van der Waals surface area contributed by atoms with E-state index in [0.29, 0.717) is 13.1 Å². The Morgan fingerprint density at radius 1 is 1.57 bits per heavy atom. The first-order chi connectivity index (χ1) is 9.80. The SMILES string of the molecule is CC(CC(=O)O)C1CCCN(S(=O)(=O)c2cnn(C)c2)C1. The van der Waals surface area contributed by atoms with Gasteiger partial charge in [0.05, 0.1) is 6.20 Å². The van der Waals surface area contributed by atoms with Gasteiger partial charge in [-0.15, -0.1) is 0 Å². The highest BCUT2D eigenvalue weighted by atomic mass is 32.2. The minimum Gasteiger partial charge on any atom is -0.481 e. The van der Waals surface area contributed by atoms with Gasteiger partial charge in [0.1, 0.15) is 4.90 Å². The molecule has 1 saturated heterocycles. The van der Waals surface area contributed by atoms with Crippen LogP contribution >= 0.6 is 0 Å². The van der Waals surface area contributed by atoms with E-state index in [1.54, 1.807) is 7.05 Å². The van der Waals surface area contributed by atoms with E-state index in [2.05, 4.69) is 5.10 Å². The molecule has 1 aromatic heterocycles. The highest BCUT2D eigenvalue weighted by Crippen LogP contribution is 2.29. The number of carboxylic acids is 1. The predicted octanol–water partition coefficient (Wildman–Crippen LogP) is 0.932. The largest absolute Gasteiger partial charge is 0.481 e. The maximum Gasteiger partial charge on any atom is 0.303 e. The standard InChI is InChI=1S/C13H21N3O4S/c1-10(6-13(17)18)11-4-3-5-16(8-11)21(19,20)12-7-14-15(2)9-12/h7,9-11H,3-6,8H2,1-2H3,(H,17,18). The van der Waals surface area contributed by atoms with Crippen molar-refractivity contribution < 1.29 is 18.3 Å². The summed E-state index contributed by atoms with van der Waals surface area (Å²) in [6.45, 7) is 2.73. The van der Waals surface area contributed by atoms with E-state index >= 15 is 0 Å². The zero-order valence-corrected chi connectivity index (χ0v) is 13.1. The molecule has 1 aliphatic heterocycles. The summed E-state index contributed by atoms with van der Waals surface area (Å²) >= 11 is 0. The number of aromatic nitrogens is 2. The molecule has 0 spiro atoms. The van der Waals surface area contributed by atoms with E-state index in [-0.39, 0.29) is 23.2 Å². The third-order valence-electron chi connectivity index (χ3n) is 4.04. The number of hydrogen-bond donors (Lipinski definition) is 1. The van der Waals surface area contributed by atoms with Crippen LogP contribution in [-0.2, 0) is 21.9 Å². The maximum atomic E-state index is 12.5. The minimum absolute atomic E-state index is 0.0330. The molecule has 1 aliphatic rings. The van der Waals surface area contributed by atoms with E-state index in [1.807, 2.05) is 6.92 Å². The van der Waals surface area contributed by atoms with Gasteiger partial charge in [-0.05, 0) is 24.7 Å². The number of rotatable bonds is 5. The molecule has 7 nitrogen and oxygen atoms in total. The van der Waals surface area contributed by atoms with Gasteiger partial charge in [0.2, 0.25) is 10.0 Å². The van der Waals surface area contributed by atoms with Crippen LogP contribution in [0.2, 0.25) is 0 Å². The molecule has 0 amide bonds. The molecule has 2 atom stereocenters. The Kier molecular flexibility index (Phi) is 4.67. The smallest absolute Gasteiger partial charge is 0.303 e. The fraction of sp³-hybridized carbons (Fsp3) is 0.692. The quantitative estimate of drug-likeness (QED) is 0.872. The van der Waals surface area contributed by atoms with Gasteiger partial charge in [-0.2, -0.15) is 9.40 Å². The monoisotopic (exact) mass is 315 g/mol. The zero-order valence-electron chi connectivity index (χ0n) is 12.3. The Morgan fingerprint density at radius 2 is 2.29 bits per heavy atom. The number of sulfonamides is 1. The van der Waals surface area contributed by atoms with Crippen molar-refractivity contribution in [2.45, 2.75) is 31.1 Å². The molecule has 21 heavy (non-hydrogen) atoms. The van der Waals surface area contributed by atoms with Crippen molar-refractivity contribution in [3.05, 3.63) is 12.4 Å². The molecule has 0 aromatic carbocycles. The third-order valence-corrected chi connectivity index (χ3v) is 5.86. The maximum absolute atomic E-state index is 12.5. The molecule has 0 aliphatic carbocycles. The van der Waals surface area contributed by atoms with Gasteiger partial charge < -0.3 is 5.11 Å². The Bertz CT molecular complexity index is 611. The molecule has 0 bridgehead atoms. The number of hydrogen-bond acceptors (Lipinski definition) is 4. The second kappa shape index (κ2) is 6.15. The molecular weight excluding hydrogens is 294 g/mol. The fourth-order valence-corrected chi connectivity index (χ4v) is 4.30. The lowest BCUT2D eigenvalue weighted by atomic mass is 9.85. The molecule has 2 rings (SSSR count). The Morgan fingerprint density at radius 3 is 2.86 bits per heavy atom. The summed E-state index contributed by atoms with van der Waals surface area (Å²) in [7, 11) is -1.86. The Labute approximate surface area is 124 Å². The average molecular weight is 315 g/mol. The van der Waals surface area contributed by atoms with Crippen LogP contribution in [0, 0.1) is 11.8 Å².